The molecule has 0 fully saturated rings. The third-order valence-electron chi connectivity index (χ3n) is 3.62. The van der Waals surface area contributed by atoms with Gasteiger partial charge < -0.3 is 5.32 Å². The van der Waals surface area contributed by atoms with Gasteiger partial charge in [-0.15, -0.1) is 0 Å². The summed E-state index contributed by atoms with van der Waals surface area (Å²) >= 11 is 0. The molecule has 2 aromatic carbocycles. The number of hydrogen-bond acceptors (Lipinski definition) is 1. The maximum atomic E-state index is 14.2. The van der Waals surface area contributed by atoms with E-state index in [0.29, 0.717) is 11.1 Å². The van der Waals surface area contributed by atoms with Gasteiger partial charge in [-0.2, -0.15) is 0 Å². The summed E-state index contributed by atoms with van der Waals surface area (Å²) < 4.78 is 40.9. The predicted octanol–water partition coefficient (Wildman–Crippen LogP) is 4.22. The molecular formula is C17H18F3N. The minimum absolute atomic E-state index is 0.253. The Labute approximate surface area is 122 Å². The van der Waals surface area contributed by atoms with Gasteiger partial charge in [0.1, 0.15) is 17.5 Å². The molecule has 0 radical (unpaired) electrons. The topological polar surface area (TPSA) is 12.0 Å². The minimum atomic E-state index is -0.616. The zero-order chi connectivity index (χ0) is 15.6. The quantitative estimate of drug-likeness (QED) is 0.890. The summed E-state index contributed by atoms with van der Waals surface area (Å²) in [5.41, 5.74) is 2.54. The first-order valence-electron chi connectivity index (χ1n) is 6.80. The fourth-order valence-corrected chi connectivity index (χ4v) is 2.62. The lowest BCUT2D eigenvalue weighted by Crippen LogP contribution is -2.22. The van der Waals surface area contributed by atoms with Crippen molar-refractivity contribution < 1.29 is 13.2 Å². The van der Waals surface area contributed by atoms with Crippen LogP contribution in [0.4, 0.5) is 13.2 Å². The van der Waals surface area contributed by atoms with Crippen LogP contribution in [0.25, 0.3) is 0 Å². The van der Waals surface area contributed by atoms with Crippen molar-refractivity contribution in [3.63, 3.8) is 0 Å². The highest BCUT2D eigenvalue weighted by molar-refractivity contribution is 5.35. The fourth-order valence-electron chi connectivity index (χ4n) is 2.62. The number of aryl methyl sites for hydroxylation is 2. The minimum Gasteiger partial charge on any atom is -0.313 e. The van der Waals surface area contributed by atoms with Crippen molar-refractivity contribution >= 4 is 0 Å². The summed E-state index contributed by atoms with van der Waals surface area (Å²) in [5, 5.41) is 3.01. The maximum absolute atomic E-state index is 14.2. The van der Waals surface area contributed by atoms with Crippen LogP contribution in [-0.2, 0) is 6.42 Å². The van der Waals surface area contributed by atoms with Crippen LogP contribution in [0, 0.1) is 31.3 Å². The van der Waals surface area contributed by atoms with Gasteiger partial charge in [0.2, 0.25) is 0 Å². The molecule has 0 saturated heterocycles. The molecule has 0 aromatic heterocycles. The van der Waals surface area contributed by atoms with Crippen molar-refractivity contribution in [3.8, 4) is 0 Å². The van der Waals surface area contributed by atoms with Gasteiger partial charge in [-0.25, -0.2) is 13.2 Å². The lowest BCUT2D eigenvalue weighted by atomic mass is 9.93. The molecule has 2 rings (SSSR count). The summed E-state index contributed by atoms with van der Waals surface area (Å²) in [7, 11) is 1.70. The van der Waals surface area contributed by atoms with E-state index in [9.17, 15) is 13.2 Å². The van der Waals surface area contributed by atoms with Crippen LogP contribution in [0.15, 0.2) is 30.3 Å². The molecule has 1 atom stereocenters. The first-order chi connectivity index (χ1) is 9.92. The highest BCUT2D eigenvalue weighted by Gasteiger charge is 2.19. The molecule has 1 unspecified atom stereocenters. The number of rotatable bonds is 4. The van der Waals surface area contributed by atoms with Crippen molar-refractivity contribution in [2.45, 2.75) is 26.3 Å². The van der Waals surface area contributed by atoms with Gasteiger partial charge in [0.25, 0.3) is 0 Å². The van der Waals surface area contributed by atoms with Crippen molar-refractivity contribution in [2.24, 2.45) is 0 Å². The lowest BCUT2D eigenvalue weighted by molar-refractivity contribution is 0.512. The second-order valence-electron chi connectivity index (χ2n) is 5.26. The van der Waals surface area contributed by atoms with E-state index in [-0.39, 0.29) is 18.3 Å². The van der Waals surface area contributed by atoms with Crippen LogP contribution >= 0.6 is 0 Å². The smallest absolute Gasteiger partial charge is 0.129 e. The molecule has 0 aliphatic heterocycles. The predicted molar refractivity (Wildman–Crippen MR) is 77.7 cm³/mol. The molecule has 4 heteroatoms. The molecule has 1 N–H and O–H groups in total. The van der Waals surface area contributed by atoms with Crippen molar-refractivity contribution in [1.29, 1.82) is 0 Å². The number of nitrogens with one attached hydrogen (secondary N) is 1. The number of halogens is 3. The third kappa shape index (κ3) is 3.45. The van der Waals surface area contributed by atoms with Gasteiger partial charge >= 0.3 is 0 Å². The summed E-state index contributed by atoms with van der Waals surface area (Å²) in [5.74, 6) is -1.54. The Morgan fingerprint density at radius 3 is 2.29 bits per heavy atom. The second-order valence-corrected chi connectivity index (χ2v) is 5.26. The van der Waals surface area contributed by atoms with Gasteiger partial charge in [-0.3, -0.25) is 0 Å². The Morgan fingerprint density at radius 2 is 1.71 bits per heavy atom. The molecule has 0 aliphatic rings. The van der Waals surface area contributed by atoms with E-state index in [1.165, 1.54) is 18.2 Å². The van der Waals surface area contributed by atoms with Gasteiger partial charge in [0.05, 0.1) is 0 Å². The third-order valence-corrected chi connectivity index (χ3v) is 3.62. The average molecular weight is 293 g/mol. The van der Waals surface area contributed by atoms with Gasteiger partial charge in [-0.1, -0.05) is 12.1 Å². The molecule has 0 amide bonds. The van der Waals surface area contributed by atoms with Crippen molar-refractivity contribution in [3.05, 3.63) is 70.0 Å². The van der Waals surface area contributed by atoms with Crippen LogP contribution < -0.4 is 5.32 Å². The normalized spacial score (nSPS) is 12.5. The van der Waals surface area contributed by atoms with Crippen LogP contribution in [0.3, 0.4) is 0 Å². The molecule has 2 aromatic rings. The molecule has 0 saturated carbocycles. The Bertz CT molecular complexity index is 629. The highest BCUT2D eigenvalue weighted by Crippen LogP contribution is 2.26. The van der Waals surface area contributed by atoms with E-state index in [1.54, 1.807) is 7.05 Å². The molecular weight excluding hydrogens is 275 g/mol. The summed E-state index contributed by atoms with van der Waals surface area (Å²) in [4.78, 5) is 0. The largest absolute Gasteiger partial charge is 0.313 e. The van der Waals surface area contributed by atoms with Gasteiger partial charge in [0.15, 0.2) is 0 Å². The number of benzene rings is 2. The Balaban J connectivity index is 2.37. The maximum Gasteiger partial charge on any atom is 0.129 e. The zero-order valence-electron chi connectivity index (χ0n) is 12.3. The first kappa shape index (κ1) is 15.6. The van der Waals surface area contributed by atoms with Gasteiger partial charge in [0, 0.05) is 17.7 Å². The van der Waals surface area contributed by atoms with Crippen molar-refractivity contribution in [2.75, 3.05) is 7.05 Å². The zero-order valence-corrected chi connectivity index (χ0v) is 12.3. The summed E-state index contributed by atoms with van der Waals surface area (Å²) in [6, 6.07) is 6.45. The highest BCUT2D eigenvalue weighted by atomic mass is 19.1. The first-order valence-corrected chi connectivity index (χ1v) is 6.80. The van der Waals surface area contributed by atoms with Crippen LogP contribution in [0.2, 0.25) is 0 Å². The Hall–Kier alpha value is -1.81. The monoisotopic (exact) mass is 293 g/mol. The molecule has 0 bridgehead atoms. The lowest BCUT2D eigenvalue weighted by Gasteiger charge is -2.20. The molecule has 1 nitrogen and oxygen atoms in total. The van der Waals surface area contributed by atoms with E-state index >= 15 is 0 Å². The molecule has 112 valence electrons. The summed E-state index contributed by atoms with van der Waals surface area (Å²) in [6.45, 7) is 3.66. The molecule has 21 heavy (non-hydrogen) atoms. The van der Waals surface area contributed by atoms with Crippen LogP contribution in [0.1, 0.15) is 28.3 Å². The average Bonchev–Trinajstić information content (AvgIpc) is 2.39. The second kappa shape index (κ2) is 6.31. The Kier molecular flexibility index (Phi) is 4.68. The molecule has 0 heterocycles. The van der Waals surface area contributed by atoms with Crippen molar-refractivity contribution in [1.82, 2.24) is 5.32 Å². The SMILES string of the molecule is CNC(Cc1ccc(F)cc1F)c1c(C)cc(C)cc1F. The molecule has 0 aliphatic carbocycles. The van der Waals surface area contributed by atoms with Crippen LogP contribution in [0.5, 0.6) is 0 Å². The fraction of sp³-hybridized carbons (Fsp3) is 0.294. The Morgan fingerprint density at radius 1 is 1.00 bits per heavy atom. The number of likely N-dealkylation sites (N-methyl/N-ethyl adjacent to an activating group) is 1. The van der Waals surface area contributed by atoms with E-state index < -0.39 is 11.6 Å². The molecule has 0 spiro atoms. The van der Waals surface area contributed by atoms with Gasteiger partial charge in [-0.05, 0) is 56.1 Å². The van der Waals surface area contributed by atoms with E-state index in [4.69, 9.17) is 0 Å². The van der Waals surface area contributed by atoms with E-state index in [2.05, 4.69) is 5.32 Å². The van der Waals surface area contributed by atoms with E-state index in [1.807, 2.05) is 19.9 Å². The van der Waals surface area contributed by atoms with E-state index in [0.717, 1.165) is 17.2 Å². The van der Waals surface area contributed by atoms with Crippen LogP contribution in [-0.4, -0.2) is 7.05 Å². The standard InChI is InChI=1S/C17H18F3N/c1-10-6-11(2)17(15(20)7-10)16(21-3)8-12-4-5-13(18)9-14(12)19/h4-7,9,16,21H,8H2,1-3H3. The number of hydrogen-bond donors (Lipinski definition) is 1. The summed E-state index contributed by atoms with van der Waals surface area (Å²) in [6.07, 6.45) is 0.253.